The maximum atomic E-state index is 11.4. The van der Waals surface area contributed by atoms with Gasteiger partial charge in [0.1, 0.15) is 12.7 Å². The summed E-state index contributed by atoms with van der Waals surface area (Å²) in [6.07, 6.45) is -0.724. The largest absolute Gasteiger partial charge is 0.493 e. The van der Waals surface area contributed by atoms with E-state index in [-0.39, 0.29) is 24.8 Å². The van der Waals surface area contributed by atoms with Gasteiger partial charge in [-0.15, -0.1) is 0 Å². The molecule has 1 heterocycles. The number of hydrogen-bond acceptors (Lipinski definition) is 6. The van der Waals surface area contributed by atoms with Crippen LogP contribution in [0.25, 0.3) is 0 Å². The molecule has 0 bridgehead atoms. The van der Waals surface area contributed by atoms with Crippen LogP contribution in [-0.2, 0) is 4.79 Å². The number of piperazine rings is 1. The van der Waals surface area contributed by atoms with Gasteiger partial charge in [0, 0.05) is 25.2 Å². The molecule has 0 aliphatic carbocycles. The lowest BCUT2D eigenvalue weighted by Crippen LogP contribution is -2.50. The summed E-state index contributed by atoms with van der Waals surface area (Å²) in [5.41, 5.74) is 0.536. The number of Topliss-reactive ketones (excluding diaryl/α,β-unsaturated/α-hetero) is 1. The highest BCUT2D eigenvalue weighted by Gasteiger charge is 2.19. The first-order chi connectivity index (χ1) is 11.0. The molecule has 0 aromatic heterocycles. The van der Waals surface area contributed by atoms with Crippen LogP contribution in [0.1, 0.15) is 17.3 Å². The SMILES string of the molecule is COc1cc(C(C)=O)ccc1OC[C@@H](O)CN1CCNC(=O)C1. The van der Waals surface area contributed by atoms with Gasteiger partial charge in [-0.3, -0.25) is 14.5 Å². The summed E-state index contributed by atoms with van der Waals surface area (Å²) in [6, 6.07) is 4.91. The Labute approximate surface area is 135 Å². The summed E-state index contributed by atoms with van der Waals surface area (Å²) in [5, 5.41) is 12.8. The van der Waals surface area contributed by atoms with Gasteiger partial charge in [-0.05, 0) is 25.1 Å². The van der Waals surface area contributed by atoms with Gasteiger partial charge in [0.15, 0.2) is 17.3 Å². The number of benzene rings is 1. The molecule has 1 aliphatic rings. The molecular weight excluding hydrogens is 300 g/mol. The fourth-order valence-electron chi connectivity index (χ4n) is 2.39. The van der Waals surface area contributed by atoms with Crippen LogP contribution in [0.5, 0.6) is 11.5 Å². The number of β-amino-alcohol motifs (C(OH)–C–C–N with tert-alkyl or cyclic N) is 1. The number of hydrogen-bond donors (Lipinski definition) is 2. The number of methoxy groups -OCH3 is 1. The Morgan fingerprint density at radius 3 is 2.87 bits per heavy atom. The summed E-state index contributed by atoms with van der Waals surface area (Å²) >= 11 is 0. The lowest BCUT2D eigenvalue weighted by atomic mass is 10.1. The van der Waals surface area contributed by atoms with Gasteiger partial charge in [-0.1, -0.05) is 0 Å². The molecule has 0 unspecified atom stereocenters. The number of carbonyl (C=O) groups is 2. The molecule has 2 rings (SSSR count). The molecule has 126 valence electrons. The normalized spacial score (nSPS) is 16.6. The number of rotatable bonds is 7. The van der Waals surface area contributed by atoms with Gasteiger partial charge in [-0.25, -0.2) is 0 Å². The zero-order valence-electron chi connectivity index (χ0n) is 13.4. The molecule has 1 aromatic carbocycles. The van der Waals surface area contributed by atoms with E-state index >= 15 is 0 Å². The van der Waals surface area contributed by atoms with Crippen molar-refractivity contribution in [2.45, 2.75) is 13.0 Å². The average molecular weight is 322 g/mol. The minimum absolute atomic E-state index is 0.0362. The highest BCUT2D eigenvalue weighted by molar-refractivity contribution is 5.94. The first-order valence-corrected chi connectivity index (χ1v) is 7.48. The maximum absolute atomic E-state index is 11.4. The van der Waals surface area contributed by atoms with Crippen molar-refractivity contribution in [3.8, 4) is 11.5 Å². The predicted molar refractivity (Wildman–Crippen MR) is 84.0 cm³/mol. The van der Waals surface area contributed by atoms with Crippen LogP contribution in [-0.4, -0.2) is 67.7 Å². The van der Waals surface area contributed by atoms with E-state index in [1.165, 1.54) is 14.0 Å². The van der Waals surface area contributed by atoms with Crippen LogP contribution < -0.4 is 14.8 Å². The number of aliphatic hydroxyl groups excluding tert-OH is 1. The van der Waals surface area contributed by atoms with E-state index < -0.39 is 6.10 Å². The molecule has 1 aliphatic heterocycles. The third-order valence-electron chi connectivity index (χ3n) is 3.59. The minimum Gasteiger partial charge on any atom is -0.493 e. The number of carbonyl (C=O) groups excluding carboxylic acids is 2. The van der Waals surface area contributed by atoms with E-state index in [4.69, 9.17) is 9.47 Å². The number of ether oxygens (including phenoxy) is 2. The van der Waals surface area contributed by atoms with E-state index in [1.54, 1.807) is 18.2 Å². The van der Waals surface area contributed by atoms with Crippen molar-refractivity contribution in [3.63, 3.8) is 0 Å². The highest BCUT2D eigenvalue weighted by Crippen LogP contribution is 2.28. The first kappa shape index (κ1) is 17.2. The fourth-order valence-corrected chi connectivity index (χ4v) is 2.39. The molecule has 0 radical (unpaired) electrons. The fraction of sp³-hybridized carbons (Fsp3) is 0.500. The Hall–Kier alpha value is -2.12. The Morgan fingerprint density at radius 1 is 1.43 bits per heavy atom. The van der Waals surface area contributed by atoms with Gasteiger partial charge >= 0.3 is 0 Å². The molecule has 2 N–H and O–H groups in total. The van der Waals surface area contributed by atoms with E-state index in [0.29, 0.717) is 36.7 Å². The number of aliphatic hydroxyl groups is 1. The van der Waals surface area contributed by atoms with Crippen LogP contribution in [0.3, 0.4) is 0 Å². The van der Waals surface area contributed by atoms with Gasteiger partial charge in [-0.2, -0.15) is 0 Å². The molecular formula is C16H22N2O5. The maximum Gasteiger partial charge on any atom is 0.234 e. The second kappa shape index (κ2) is 7.94. The zero-order chi connectivity index (χ0) is 16.8. The molecule has 7 nitrogen and oxygen atoms in total. The van der Waals surface area contributed by atoms with Crippen LogP contribution in [0.15, 0.2) is 18.2 Å². The highest BCUT2D eigenvalue weighted by atomic mass is 16.5. The van der Waals surface area contributed by atoms with Crippen molar-refractivity contribution < 1.29 is 24.2 Å². The summed E-state index contributed by atoms with van der Waals surface area (Å²) < 4.78 is 10.8. The minimum atomic E-state index is -0.724. The third-order valence-corrected chi connectivity index (χ3v) is 3.59. The monoisotopic (exact) mass is 322 g/mol. The van der Waals surface area contributed by atoms with Gasteiger partial charge in [0.25, 0.3) is 0 Å². The average Bonchev–Trinajstić information content (AvgIpc) is 2.52. The first-order valence-electron chi connectivity index (χ1n) is 7.48. The second-order valence-electron chi connectivity index (χ2n) is 5.47. The summed E-state index contributed by atoms with van der Waals surface area (Å²) in [7, 11) is 1.49. The molecule has 0 saturated carbocycles. The lowest BCUT2D eigenvalue weighted by Gasteiger charge is -2.28. The molecule has 1 aromatic rings. The summed E-state index contributed by atoms with van der Waals surface area (Å²) in [6.45, 7) is 3.50. The quantitative estimate of drug-likeness (QED) is 0.691. The van der Waals surface area contributed by atoms with Crippen LogP contribution in [0.4, 0.5) is 0 Å². The van der Waals surface area contributed by atoms with E-state index in [9.17, 15) is 14.7 Å². The smallest absolute Gasteiger partial charge is 0.234 e. The van der Waals surface area contributed by atoms with Gasteiger partial charge in [0.05, 0.1) is 13.7 Å². The molecule has 1 fully saturated rings. The Morgan fingerprint density at radius 2 is 2.22 bits per heavy atom. The molecule has 1 saturated heterocycles. The van der Waals surface area contributed by atoms with E-state index in [1.807, 2.05) is 4.90 Å². The van der Waals surface area contributed by atoms with Crippen molar-refractivity contribution in [2.75, 3.05) is 39.9 Å². The van der Waals surface area contributed by atoms with Crippen molar-refractivity contribution in [3.05, 3.63) is 23.8 Å². The molecule has 0 spiro atoms. The third kappa shape index (κ3) is 4.94. The molecule has 1 atom stereocenters. The number of nitrogens with zero attached hydrogens (tertiary/aromatic N) is 1. The number of amides is 1. The van der Waals surface area contributed by atoms with Crippen molar-refractivity contribution >= 4 is 11.7 Å². The topological polar surface area (TPSA) is 88.1 Å². The molecule has 1 amide bonds. The molecule has 7 heteroatoms. The number of nitrogens with one attached hydrogen (secondary N) is 1. The van der Waals surface area contributed by atoms with E-state index in [2.05, 4.69) is 5.32 Å². The standard InChI is InChI=1S/C16H22N2O5/c1-11(19)12-3-4-14(15(7-12)22-2)23-10-13(20)8-18-6-5-17-16(21)9-18/h3-4,7,13,20H,5-6,8-10H2,1-2H3,(H,17,21)/t13-/m0/s1. The van der Waals surface area contributed by atoms with E-state index in [0.717, 1.165) is 0 Å². The lowest BCUT2D eigenvalue weighted by molar-refractivity contribution is -0.124. The second-order valence-corrected chi connectivity index (χ2v) is 5.47. The van der Waals surface area contributed by atoms with Crippen molar-refractivity contribution in [1.82, 2.24) is 10.2 Å². The van der Waals surface area contributed by atoms with Crippen molar-refractivity contribution in [1.29, 1.82) is 0 Å². The van der Waals surface area contributed by atoms with Gasteiger partial charge < -0.3 is 19.9 Å². The molecule has 23 heavy (non-hydrogen) atoms. The Bertz CT molecular complexity index is 576. The zero-order valence-corrected chi connectivity index (χ0v) is 13.4. The van der Waals surface area contributed by atoms with Crippen LogP contribution >= 0.6 is 0 Å². The summed E-state index contributed by atoms with van der Waals surface area (Å²) in [4.78, 5) is 24.5. The van der Waals surface area contributed by atoms with Gasteiger partial charge in [0.2, 0.25) is 5.91 Å². The Balaban J connectivity index is 1.89. The Kier molecular flexibility index (Phi) is 5.95. The van der Waals surface area contributed by atoms with Crippen molar-refractivity contribution in [2.24, 2.45) is 0 Å². The predicted octanol–water partition coefficient (Wildman–Crippen LogP) is 0.0693. The summed E-state index contributed by atoms with van der Waals surface area (Å²) in [5.74, 6) is 0.819. The number of ketones is 1. The van der Waals surface area contributed by atoms with Crippen LogP contribution in [0.2, 0.25) is 0 Å². The van der Waals surface area contributed by atoms with Crippen LogP contribution in [0, 0.1) is 0 Å².